The van der Waals surface area contributed by atoms with Crippen molar-refractivity contribution in [1.82, 2.24) is 5.43 Å². The molecule has 0 radical (unpaired) electrons. The van der Waals surface area contributed by atoms with Crippen LogP contribution in [0.25, 0.3) is 0 Å². The van der Waals surface area contributed by atoms with Gasteiger partial charge in [-0.25, -0.2) is 5.43 Å². The van der Waals surface area contributed by atoms with Gasteiger partial charge in [0.2, 0.25) is 5.91 Å². The number of hydrogen-bond donors (Lipinski definition) is 1. The van der Waals surface area contributed by atoms with Crippen molar-refractivity contribution in [3.05, 3.63) is 54.9 Å². The first-order valence-corrected chi connectivity index (χ1v) is 9.83. The number of methoxy groups -OCH3 is 1. The van der Waals surface area contributed by atoms with Crippen LogP contribution in [0.5, 0.6) is 5.75 Å². The zero-order valence-electron chi connectivity index (χ0n) is 13.2. The number of hydrogen-bond acceptors (Lipinski definition) is 4. The Bertz CT molecular complexity index is 815. The van der Waals surface area contributed by atoms with Crippen molar-refractivity contribution in [2.45, 2.75) is 4.90 Å². The third-order valence-electron chi connectivity index (χ3n) is 3.04. The molecule has 0 aromatic heterocycles. The molecule has 0 atom stereocenters. The van der Waals surface area contributed by atoms with E-state index in [4.69, 9.17) is 62.7 Å². The highest BCUT2D eigenvalue weighted by Crippen LogP contribution is 2.47. The highest BCUT2D eigenvalue weighted by Gasteiger charge is 2.20. The third-order valence-corrected chi connectivity index (χ3v) is 6.64. The molecular weight excluding hydrogens is 462 g/mol. The van der Waals surface area contributed by atoms with Crippen LogP contribution < -0.4 is 10.2 Å². The highest BCUT2D eigenvalue weighted by atomic mass is 35.5. The number of halogens is 5. The van der Waals surface area contributed by atoms with E-state index < -0.39 is 0 Å². The lowest BCUT2D eigenvalue weighted by atomic mass is 10.2. The number of carbonyl (C=O) groups is 1. The van der Waals surface area contributed by atoms with Crippen molar-refractivity contribution in [2.24, 2.45) is 5.10 Å². The average Bonchev–Trinajstić information content (AvgIpc) is 2.65. The lowest BCUT2D eigenvalue weighted by molar-refractivity contribution is -0.118. The number of rotatable bonds is 6. The quantitative estimate of drug-likeness (QED) is 0.179. The second-order valence-electron chi connectivity index (χ2n) is 4.75. The molecule has 26 heavy (non-hydrogen) atoms. The summed E-state index contributed by atoms with van der Waals surface area (Å²) in [5.74, 6) is 0.388. The van der Waals surface area contributed by atoms with E-state index in [0.29, 0.717) is 4.90 Å². The van der Waals surface area contributed by atoms with E-state index in [-0.39, 0.29) is 36.8 Å². The van der Waals surface area contributed by atoms with Crippen molar-refractivity contribution in [1.29, 1.82) is 0 Å². The van der Waals surface area contributed by atoms with Crippen LogP contribution in [0.1, 0.15) is 5.56 Å². The third kappa shape index (κ3) is 5.35. The molecule has 0 saturated carbocycles. The maximum atomic E-state index is 11.9. The van der Waals surface area contributed by atoms with Gasteiger partial charge >= 0.3 is 0 Å². The lowest BCUT2D eigenvalue weighted by Crippen LogP contribution is -2.19. The summed E-state index contributed by atoms with van der Waals surface area (Å²) >= 11 is 31.2. The van der Waals surface area contributed by atoms with Gasteiger partial charge in [-0.15, -0.1) is 11.8 Å². The number of nitrogens with zero attached hydrogens (tertiary/aromatic N) is 1. The summed E-state index contributed by atoms with van der Waals surface area (Å²) in [6.45, 7) is 0. The van der Waals surface area contributed by atoms with Crippen LogP contribution in [0.2, 0.25) is 25.1 Å². The minimum Gasteiger partial charge on any atom is -0.497 e. The number of ether oxygens (including phenoxy) is 1. The van der Waals surface area contributed by atoms with Gasteiger partial charge in [0.25, 0.3) is 0 Å². The van der Waals surface area contributed by atoms with E-state index in [9.17, 15) is 4.79 Å². The van der Waals surface area contributed by atoms with Crippen LogP contribution in [0.15, 0.2) is 34.3 Å². The fourth-order valence-corrected chi connectivity index (χ4v) is 4.13. The molecule has 0 heterocycles. The molecule has 4 nitrogen and oxygen atoms in total. The van der Waals surface area contributed by atoms with Crippen molar-refractivity contribution >= 4 is 81.9 Å². The van der Waals surface area contributed by atoms with E-state index in [1.54, 1.807) is 31.4 Å². The molecule has 0 fully saturated rings. The van der Waals surface area contributed by atoms with Gasteiger partial charge in [0.15, 0.2) is 0 Å². The molecule has 0 saturated heterocycles. The summed E-state index contributed by atoms with van der Waals surface area (Å²) in [4.78, 5) is 12.3. The number of hydrazone groups is 1. The number of benzene rings is 2. The van der Waals surface area contributed by atoms with Crippen LogP contribution in [0.4, 0.5) is 0 Å². The minimum atomic E-state index is -0.353. The second kappa shape index (κ2) is 9.93. The van der Waals surface area contributed by atoms with Crippen molar-refractivity contribution in [3.8, 4) is 5.75 Å². The summed E-state index contributed by atoms with van der Waals surface area (Å²) in [7, 11) is 1.58. The SMILES string of the molecule is COc1ccc(/C=N\NC(=O)CSc2c(Cl)c(Cl)c(Cl)c(Cl)c2Cl)cc1. The van der Waals surface area contributed by atoms with Crippen molar-refractivity contribution in [2.75, 3.05) is 12.9 Å². The van der Waals surface area contributed by atoms with Crippen molar-refractivity contribution in [3.63, 3.8) is 0 Å². The van der Waals surface area contributed by atoms with Crippen LogP contribution in [-0.2, 0) is 4.79 Å². The predicted octanol–water partition coefficient (Wildman–Crippen LogP) is 6.20. The summed E-state index contributed by atoms with van der Waals surface area (Å²) in [5, 5.41) is 4.42. The molecule has 0 spiro atoms. The molecule has 138 valence electrons. The largest absolute Gasteiger partial charge is 0.497 e. The van der Waals surface area contributed by atoms with Crippen molar-refractivity contribution < 1.29 is 9.53 Å². The monoisotopic (exact) mass is 470 g/mol. The molecule has 0 aliphatic carbocycles. The molecule has 1 N–H and O–H groups in total. The maximum absolute atomic E-state index is 11.9. The smallest absolute Gasteiger partial charge is 0.250 e. The van der Waals surface area contributed by atoms with Gasteiger partial charge in [0.05, 0.1) is 44.2 Å². The first-order chi connectivity index (χ1) is 12.3. The summed E-state index contributed by atoms with van der Waals surface area (Å²) in [5.41, 5.74) is 3.22. The first kappa shape index (κ1) is 21.5. The number of nitrogens with one attached hydrogen (secondary N) is 1. The summed E-state index contributed by atoms with van der Waals surface area (Å²) < 4.78 is 5.06. The fourth-order valence-electron chi connectivity index (χ4n) is 1.75. The van der Waals surface area contributed by atoms with E-state index >= 15 is 0 Å². The minimum absolute atomic E-state index is 0.00762. The Labute approximate surface area is 179 Å². The zero-order valence-corrected chi connectivity index (χ0v) is 17.8. The molecule has 2 rings (SSSR count). The number of carbonyl (C=O) groups excluding carboxylic acids is 1. The van der Waals surface area contributed by atoms with Gasteiger partial charge in [0, 0.05) is 4.90 Å². The van der Waals surface area contributed by atoms with Crippen LogP contribution in [0.3, 0.4) is 0 Å². The van der Waals surface area contributed by atoms with Crippen LogP contribution in [-0.4, -0.2) is 25.0 Å². The molecule has 0 unspecified atom stereocenters. The maximum Gasteiger partial charge on any atom is 0.250 e. The molecule has 2 aromatic carbocycles. The van der Waals surface area contributed by atoms with Gasteiger partial charge < -0.3 is 4.74 Å². The lowest BCUT2D eigenvalue weighted by Gasteiger charge is -2.11. The Kier molecular flexibility index (Phi) is 8.20. The van der Waals surface area contributed by atoms with E-state index in [1.807, 2.05) is 0 Å². The number of amides is 1. The Morgan fingerprint density at radius 1 is 1.04 bits per heavy atom. The van der Waals surface area contributed by atoms with Gasteiger partial charge in [-0.1, -0.05) is 58.0 Å². The standard InChI is InChI=1S/C16H11Cl5N2O2S/c1-25-9-4-2-8(3-5-9)6-22-23-10(24)7-26-16-14(20)12(18)11(17)13(19)15(16)21/h2-6H,7H2,1H3,(H,23,24)/b22-6-. The van der Waals surface area contributed by atoms with Crippen LogP contribution in [0, 0.1) is 0 Å². The molecule has 0 aliphatic heterocycles. The first-order valence-electron chi connectivity index (χ1n) is 6.95. The van der Waals surface area contributed by atoms with E-state index in [0.717, 1.165) is 23.1 Å². The van der Waals surface area contributed by atoms with Gasteiger partial charge in [0.1, 0.15) is 5.75 Å². The summed E-state index contributed by atoms with van der Waals surface area (Å²) in [6.07, 6.45) is 1.51. The van der Waals surface area contributed by atoms with Gasteiger partial charge in [-0.3, -0.25) is 4.79 Å². The number of thioether (sulfide) groups is 1. The summed E-state index contributed by atoms with van der Waals surface area (Å²) in [6, 6.07) is 7.19. The molecular formula is C16H11Cl5N2O2S. The molecule has 10 heteroatoms. The fraction of sp³-hybridized carbons (Fsp3) is 0.125. The van der Waals surface area contributed by atoms with Crippen LogP contribution >= 0.6 is 69.8 Å². The predicted molar refractivity (Wildman–Crippen MR) is 111 cm³/mol. The topological polar surface area (TPSA) is 50.7 Å². The molecule has 1 amide bonds. The molecule has 2 aromatic rings. The second-order valence-corrected chi connectivity index (χ2v) is 7.63. The zero-order chi connectivity index (χ0) is 19.3. The molecule has 0 bridgehead atoms. The Hall–Kier alpha value is -0.820. The highest BCUT2D eigenvalue weighted by molar-refractivity contribution is 8.00. The Morgan fingerprint density at radius 3 is 2.12 bits per heavy atom. The average molecular weight is 473 g/mol. The van der Waals surface area contributed by atoms with E-state index in [1.165, 1.54) is 6.21 Å². The van der Waals surface area contributed by atoms with Gasteiger partial charge in [-0.05, 0) is 29.8 Å². The molecule has 0 aliphatic rings. The normalized spacial score (nSPS) is 11.0. The van der Waals surface area contributed by atoms with E-state index in [2.05, 4.69) is 10.5 Å². The van der Waals surface area contributed by atoms with Gasteiger partial charge in [-0.2, -0.15) is 5.10 Å². The Morgan fingerprint density at radius 2 is 1.58 bits per heavy atom. The Balaban J connectivity index is 1.96.